The molecule has 122 valence electrons. The lowest BCUT2D eigenvalue weighted by molar-refractivity contribution is -0.116. The number of Topliss-reactive ketones (excluding diaryl/α,β-unsaturated/α-hetero) is 1. The number of fused-ring (bicyclic) bond motifs is 1. The number of hydrogen-bond acceptors (Lipinski definition) is 2. The Bertz CT molecular complexity index is 500. The van der Waals surface area contributed by atoms with E-state index in [0.29, 0.717) is 18.4 Å². The number of rotatable bonds is 1. The molecule has 0 radical (unpaired) electrons. The first kappa shape index (κ1) is 17.2. The third-order valence-electron chi connectivity index (χ3n) is 5.26. The van der Waals surface area contributed by atoms with Gasteiger partial charge in [0, 0.05) is 6.42 Å². The van der Waals surface area contributed by atoms with E-state index in [9.17, 15) is 4.79 Å². The first-order valence-electron chi connectivity index (χ1n) is 8.53. The maximum atomic E-state index is 12.4. The van der Waals surface area contributed by atoms with Crippen LogP contribution in [0.3, 0.4) is 0 Å². The first-order valence-corrected chi connectivity index (χ1v) is 8.53. The fourth-order valence-corrected chi connectivity index (χ4v) is 3.24. The summed E-state index contributed by atoms with van der Waals surface area (Å²) in [4.78, 5) is 12.4. The van der Waals surface area contributed by atoms with E-state index in [1.54, 1.807) is 0 Å². The Balaban J connectivity index is 2.14. The second-order valence-corrected chi connectivity index (χ2v) is 7.42. The third-order valence-corrected chi connectivity index (χ3v) is 5.26. The quantitative estimate of drug-likeness (QED) is 0.503. The van der Waals surface area contributed by atoms with Crippen molar-refractivity contribution >= 4 is 5.78 Å². The van der Waals surface area contributed by atoms with Crippen LogP contribution in [0.25, 0.3) is 0 Å². The minimum atomic E-state index is 0.0230. The van der Waals surface area contributed by atoms with Crippen molar-refractivity contribution in [2.75, 3.05) is 0 Å². The smallest absolute Gasteiger partial charge is 0.159 e. The van der Waals surface area contributed by atoms with Crippen molar-refractivity contribution in [2.24, 2.45) is 11.8 Å². The van der Waals surface area contributed by atoms with E-state index >= 15 is 0 Å². The molecule has 0 bridgehead atoms. The van der Waals surface area contributed by atoms with Gasteiger partial charge in [-0.3, -0.25) is 4.79 Å². The zero-order valence-electron chi connectivity index (χ0n) is 14.5. The summed E-state index contributed by atoms with van der Waals surface area (Å²) in [7, 11) is 0. The van der Waals surface area contributed by atoms with Gasteiger partial charge in [0.25, 0.3) is 0 Å². The van der Waals surface area contributed by atoms with E-state index in [1.807, 2.05) is 26.0 Å². The molecule has 0 spiro atoms. The molecule has 2 rings (SSSR count). The SMILES string of the molecule is C=C(C)[C@@H]1CC[C@]2(C)O[C@H]2CC[C@H](C)/C=C/C=C(/C)C(=O)C1. The lowest BCUT2D eigenvalue weighted by Gasteiger charge is -2.18. The number of hydrogen-bond donors (Lipinski definition) is 0. The Labute approximate surface area is 135 Å². The lowest BCUT2D eigenvalue weighted by atomic mass is 9.85. The summed E-state index contributed by atoms with van der Waals surface area (Å²) in [5.74, 6) is 1.03. The Morgan fingerprint density at radius 3 is 2.77 bits per heavy atom. The second-order valence-electron chi connectivity index (χ2n) is 7.42. The number of ether oxygens (including phenoxy) is 1. The Kier molecular flexibility index (Phi) is 5.44. The van der Waals surface area contributed by atoms with Crippen LogP contribution in [0.1, 0.15) is 59.8 Å². The van der Waals surface area contributed by atoms with Crippen molar-refractivity contribution in [1.82, 2.24) is 0 Å². The van der Waals surface area contributed by atoms with Crippen LogP contribution in [0, 0.1) is 11.8 Å². The second kappa shape index (κ2) is 6.95. The van der Waals surface area contributed by atoms with Crippen LogP contribution in [-0.2, 0) is 9.53 Å². The maximum absolute atomic E-state index is 12.4. The van der Waals surface area contributed by atoms with Gasteiger partial charge in [0.15, 0.2) is 5.78 Å². The van der Waals surface area contributed by atoms with Gasteiger partial charge in [-0.05, 0) is 63.9 Å². The molecule has 1 heterocycles. The molecule has 0 N–H and O–H groups in total. The van der Waals surface area contributed by atoms with Crippen LogP contribution in [-0.4, -0.2) is 17.5 Å². The topological polar surface area (TPSA) is 29.6 Å². The molecule has 1 aliphatic heterocycles. The molecule has 22 heavy (non-hydrogen) atoms. The van der Waals surface area contributed by atoms with Gasteiger partial charge in [-0.25, -0.2) is 0 Å². The van der Waals surface area contributed by atoms with E-state index in [4.69, 9.17) is 4.74 Å². The van der Waals surface area contributed by atoms with Crippen LogP contribution in [0.5, 0.6) is 0 Å². The third kappa shape index (κ3) is 4.42. The maximum Gasteiger partial charge on any atom is 0.159 e. The zero-order chi connectivity index (χ0) is 16.3. The highest BCUT2D eigenvalue weighted by Gasteiger charge is 2.51. The summed E-state index contributed by atoms with van der Waals surface area (Å²) in [6, 6.07) is 0. The van der Waals surface area contributed by atoms with Gasteiger partial charge in [0.05, 0.1) is 11.7 Å². The summed E-state index contributed by atoms with van der Waals surface area (Å²) in [6.45, 7) is 12.5. The summed E-state index contributed by atoms with van der Waals surface area (Å²) in [6.07, 6.45) is 11.4. The number of allylic oxidation sites excluding steroid dienone is 5. The molecule has 2 aliphatic rings. The molecular formula is C20H30O2. The van der Waals surface area contributed by atoms with Gasteiger partial charge >= 0.3 is 0 Å². The minimum Gasteiger partial charge on any atom is -0.366 e. The van der Waals surface area contributed by atoms with Crippen molar-refractivity contribution in [3.05, 3.63) is 36.0 Å². The first-order chi connectivity index (χ1) is 10.3. The average molecular weight is 302 g/mol. The molecule has 0 saturated carbocycles. The van der Waals surface area contributed by atoms with Crippen LogP contribution in [0.15, 0.2) is 36.0 Å². The largest absolute Gasteiger partial charge is 0.366 e. The van der Waals surface area contributed by atoms with Crippen LogP contribution >= 0.6 is 0 Å². The van der Waals surface area contributed by atoms with E-state index in [1.165, 1.54) is 0 Å². The predicted molar refractivity (Wildman–Crippen MR) is 91.7 cm³/mol. The van der Waals surface area contributed by atoms with E-state index in [2.05, 4.69) is 26.5 Å². The molecule has 1 fully saturated rings. The lowest BCUT2D eigenvalue weighted by Crippen LogP contribution is -2.16. The van der Waals surface area contributed by atoms with Crippen molar-refractivity contribution in [3.8, 4) is 0 Å². The normalized spacial score (nSPS) is 40.8. The molecule has 0 unspecified atom stereocenters. The van der Waals surface area contributed by atoms with Gasteiger partial charge in [0.1, 0.15) is 0 Å². The monoisotopic (exact) mass is 302 g/mol. The number of carbonyl (C=O) groups is 1. The zero-order valence-corrected chi connectivity index (χ0v) is 14.5. The van der Waals surface area contributed by atoms with Gasteiger partial charge in [-0.2, -0.15) is 0 Å². The van der Waals surface area contributed by atoms with Crippen LogP contribution in [0.2, 0.25) is 0 Å². The molecule has 1 saturated heterocycles. The molecule has 2 nitrogen and oxygen atoms in total. The van der Waals surface area contributed by atoms with Crippen molar-refractivity contribution in [1.29, 1.82) is 0 Å². The Morgan fingerprint density at radius 2 is 2.09 bits per heavy atom. The molecule has 1 aliphatic carbocycles. The number of carbonyl (C=O) groups excluding carboxylic acids is 1. The fraction of sp³-hybridized carbons (Fsp3) is 0.650. The molecule has 4 atom stereocenters. The molecule has 0 aromatic heterocycles. The summed E-state index contributed by atoms with van der Waals surface area (Å²) in [5, 5.41) is 0. The van der Waals surface area contributed by atoms with Gasteiger partial charge in [0.2, 0.25) is 0 Å². The number of ketones is 1. The summed E-state index contributed by atoms with van der Waals surface area (Å²) >= 11 is 0. The highest BCUT2D eigenvalue weighted by Crippen LogP contribution is 2.45. The van der Waals surface area contributed by atoms with Gasteiger partial charge in [-0.1, -0.05) is 37.3 Å². The highest BCUT2D eigenvalue weighted by molar-refractivity contribution is 5.95. The predicted octanol–water partition coefficient (Wildman–Crippen LogP) is 5.01. The summed E-state index contributed by atoms with van der Waals surface area (Å²) < 4.78 is 5.95. The van der Waals surface area contributed by atoms with Crippen molar-refractivity contribution in [2.45, 2.75) is 71.5 Å². The van der Waals surface area contributed by atoms with Crippen LogP contribution < -0.4 is 0 Å². The highest BCUT2D eigenvalue weighted by atomic mass is 16.6. The van der Waals surface area contributed by atoms with Crippen molar-refractivity contribution in [3.63, 3.8) is 0 Å². The van der Waals surface area contributed by atoms with E-state index < -0.39 is 0 Å². The molecule has 0 aromatic carbocycles. The fourth-order valence-electron chi connectivity index (χ4n) is 3.24. The van der Waals surface area contributed by atoms with Crippen molar-refractivity contribution < 1.29 is 9.53 Å². The van der Waals surface area contributed by atoms with Gasteiger partial charge in [-0.15, -0.1) is 0 Å². The summed E-state index contributed by atoms with van der Waals surface area (Å²) in [5.41, 5.74) is 1.98. The minimum absolute atomic E-state index is 0.0230. The standard InChI is InChI=1S/C20H30O2/c1-14(2)17-11-12-20(5)19(22-20)10-9-15(3)7-6-8-16(4)18(21)13-17/h6-8,15,17,19H,1,9-13H2,2-5H3/b7-6+,16-8-/t15-,17-,19+,20+/m1/s1. The van der Waals surface area contributed by atoms with E-state index in [-0.39, 0.29) is 17.3 Å². The molecule has 0 amide bonds. The van der Waals surface area contributed by atoms with Gasteiger partial charge < -0.3 is 4.74 Å². The Hall–Kier alpha value is -1.15. The molecule has 0 aromatic rings. The molecule has 2 heteroatoms. The molecular weight excluding hydrogens is 272 g/mol. The average Bonchev–Trinajstić information content (AvgIpc) is 3.10. The van der Waals surface area contributed by atoms with Crippen LogP contribution in [0.4, 0.5) is 0 Å². The van der Waals surface area contributed by atoms with E-state index in [0.717, 1.165) is 36.8 Å². The number of epoxide rings is 1. The Morgan fingerprint density at radius 1 is 1.36 bits per heavy atom.